The third-order valence-electron chi connectivity index (χ3n) is 5.37. The zero-order valence-corrected chi connectivity index (χ0v) is 15.2. The van der Waals surface area contributed by atoms with Gasteiger partial charge in [-0.2, -0.15) is 0 Å². The lowest BCUT2D eigenvalue weighted by molar-refractivity contribution is 0.0476. The Balaban J connectivity index is 1.39. The second-order valence-corrected chi connectivity index (χ2v) is 7.32. The highest BCUT2D eigenvalue weighted by molar-refractivity contribution is 5.94. The van der Waals surface area contributed by atoms with E-state index < -0.39 is 6.10 Å². The van der Waals surface area contributed by atoms with Gasteiger partial charge in [0.1, 0.15) is 18.5 Å². The summed E-state index contributed by atoms with van der Waals surface area (Å²) >= 11 is 0. The third kappa shape index (κ3) is 5.27. The molecular formula is C20H30N2O3. The van der Waals surface area contributed by atoms with E-state index in [0.717, 1.165) is 19.1 Å². The largest absolute Gasteiger partial charge is 0.491 e. The van der Waals surface area contributed by atoms with Gasteiger partial charge >= 0.3 is 0 Å². The standard InChI is InChI=1S/C20H30N2O3/c1-16(23)17-5-4-6-20(13-17)25-15-19(24)14-21-11-7-18(8-12-21)22-9-2-3-10-22/h4-6,13,18-19,24H,2-3,7-12,14-15H2,1H3. The number of carbonyl (C=O) groups is 1. The molecule has 1 aromatic carbocycles. The number of aliphatic hydroxyl groups is 1. The highest BCUT2D eigenvalue weighted by Gasteiger charge is 2.27. The molecule has 1 unspecified atom stereocenters. The van der Waals surface area contributed by atoms with Gasteiger partial charge in [0.05, 0.1) is 0 Å². The fourth-order valence-corrected chi connectivity index (χ4v) is 3.92. The molecule has 0 amide bonds. The molecule has 5 nitrogen and oxygen atoms in total. The van der Waals surface area contributed by atoms with Crippen molar-refractivity contribution in [1.29, 1.82) is 0 Å². The normalized spacial score (nSPS) is 21.4. The van der Waals surface area contributed by atoms with Crippen LogP contribution in [-0.2, 0) is 0 Å². The minimum atomic E-state index is -0.510. The first kappa shape index (κ1) is 18.4. The molecule has 1 N–H and O–H groups in total. The van der Waals surface area contributed by atoms with Crippen LogP contribution in [0.25, 0.3) is 0 Å². The zero-order chi connectivity index (χ0) is 17.6. The number of hydrogen-bond acceptors (Lipinski definition) is 5. The average Bonchev–Trinajstić information content (AvgIpc) is 3.15. The lowest BCUT2D eigenvalue weighted by atomic mass is 10.0. The van der Waals surface area contributed by atoms with E-state index in [4.69, 9.17) is 4.74 Å². The Morgan fingerprint density at radius 2 is 1.96 bits per heavy atom. The number of Topliss-reactive ketones (excluding diaryl/α,β-unsaturated/α-hetero) is 1. The molecule has 1 atom stereocenters. The molecule has 0 aromatic heterocycles. The molecule has 0 spiro atoms. The van der Waals surface area contributed by atoms with E-state index in [-0.39, 0.29) is 12.4 Å². The van der Waals surface area contributed by atoms with Gasteiger partial charge in [-0.3, -0.25) is 4.79 Å². The topological polar surface area (TPSA) is 53.0 Å². The molecular weight excluding hydrogens is 316 g/mol. The highest BCUT2D eigenvalue weighted by Crippen LogP contribution is 2.21. The van der Waals surface area contributed by atoms with Gasteiger partial charge in [-0.1, -0.05) is 12.1 Å². The molecule has 0 saturated carbocycles. The Labute approximate surface area is 150 Å². The van der Waals surface area contributed by atoms with Crippen LogP contribution in [0.5, 0.6) is 5.75 Å². The summed E-state index contributed by atoms with van der Waals surface area (Å²) in [6, 6.07) is 7.87. The number of ketones is 1. The van der Waals surface area contributed by atoms with E-state index in [9.17, 15) is 9.90 Å². The van der Waals surface area contributed by atoms with Gasteiger partial charge in [0, 0.05) is 18.2 Å². The van der Waals surface area contributed by atoms with Gasteiger partial charge in [-0.05, 0) is 70.9 Å². The van der Waals surface area contributed by atoms with E-state index in [1.165, 1.54) is 38.8 Å². The molecule has 2 heterocycles. The van der Waals surface area contributed by atoms with Crippen molar-refractivity contribution in [3.8, 4) is 5.75 Å². The minimum absolute atomic E-state index is 0.0203. The Morgan fingerprint density at radius 1 is 1.24 bits per heavy atom. The number of rotatable bonds is 7. The fraction of sp³-hybridized carbons (Fsp3) is 0.650. The predicted molar refractivity (Wildman–Crippen MR) is 98.2 cm³/mol. The summed E-state index contributed by atoms with van der Waals surface area (Å²) in [5.74, 6) is 0.659. The first-order valence-electron chi connectivity index (χ1n) is 9.50. The van der Waals surface area contributed by atoms with Crippen LogP contribution in [0.2, 0.25) is 0 Å². The quantitative estimate of drug-likeness (QED) is 0.767. The molecule has 138 valence electrons. The van der Waals surface area contributed by atoms with Crippen LogP contribution in [0.4, 0.5) is 0 Å². The molecule has 2 aliphatic heterocycles. The summed E-state index contributed by atoms with van der Waals surface area (Å²) < 4.78 is 5.67. The highest BCUT2D eigenvalue weighted by atomic mass is 16.5. The molecule has 2 fully saturated rings. The van der Waals surface area contributed by atoms with Crippen LogP contribution in [0, 0.1) is 0 Å². The lowest BCUT2D eigenvalue weighted by Crippen LogP contribution is -2.46. The number of likely N-dealkylation sites (tertiary alicyclic amines) is 2. The van der Waals surface area contributed by atoms with Gasteiger partial charge in [-0.25, -0.2) is 0 Å². The van der Waals surface area contributed by atoms with Crippen molar-refractivity contribution in [3.63, 3.8) is 0 Å². The van der Waals surface area contributed by atoms with E-state index in [0.29, 0.717) is 17.9 Å². The van der Waals surface area contributed by atoms with Crippen molar-refractivity contribution in [1.82, 2.24) is 9.80 Å². The van der Waals surface area contributed by atoms with Crippen LogP contribution in [-0.4, -0.2) is 72.2 Å². The van der Waals surface area contributed by atoms with Gasteiger partial charge in [0.15, 0.2) is 5.78 Å². The summed E-state index contributed by atoms with van der Waals surface area (Å²) in [4.78, 5) is 16.4. The van der Waals surface area contributed by atoms with Gasteiger partial charge in [0.2, 0.25) is 0 Å². The zero-order valence-electron chi connectivity index (χ0n) is 15.2. The van der Waals surface area contributed by atoms with Crippen LogP contribution in [0.15, 0.2) is 24.3 Å². The summed E-state index contributed by atoms with van der Waals surface area (Å²) in [6.07, 6.45) is 4.59. The molecule has 2 aliphatic rings. The summed E-state index contributed by atoms with van der Waals surface area (Å²) in [6.45, 7) is 7.09. The molecule has 25 heavy (non-hydrogen) atoms. The van der Waals surface area contributed by atoms with Crippen molar-refractivity contribution >= 4 is 5.78 Å². The molecule has 0 aliphatic carbocycles. The monoisotopic (exact) mass is 346 g/mol. The Kier molecular flexibility index (Phi) is 6.45. The SMILES string of the molecule is CC(=O)c1cccc(OCC(O)CN2CCC(N3CCCC3)CC2)c1. The van der Waals surface area contributed by atoms with E-state index in [1.54, 1.807) is 19.1 Å². The molecule has 1 aromatic rings. The number of aliphatic hydroxyl groups excluding tert-OH is 1. The third-order valence-corrected chi connectivity index (χ3v) is 5.37. The Hall–Kier alpha value is -1.43. The molecule has 5 heteroatoms. The smallest absolute Gasteiger partial charge is 0.159 e. The number of hydrogen-bond donors (Lipinski definition) is 1. The molecule has 0 radical (unpaired) electrons. The van der Waals surface area contributed by atoms with Crippen LogP contribution >= 0.6 is 0 Å². The van der Waals surface area contributed by atoms with Gasteiger partial charge in [0.25, 0.3) is 0 Å². The van der Waals surface area contributed by atoms with Gasteiger partial charge < -0.3 is 19.6 Å². The lowest BCUT2D eigenvalue weighted by Gasteiger charge is -2.37. The number of nitrogens with zero attached hydrogens (tertiary/aromatic N) is 2. The van der Waals surface area contributed by atoms with Crippen LogP contribution < -0.4 is 4.74 Å². The maximum atomic E-state index is 11.4. The van der Waals surface area contributed by atoms with Crippen LogP contribution in [0.1, 0.15) is 43.0 Å². The minimum Gasteiger partial charge on any atom is -0.491 e. The number of carbonyl (C=O) groups excluding carboxylic acids is 1. The van der Waals surface area contributed by atoms with Crippen molar-refractivity contribution in [2.45, 2.75) is 44.8 Å². The van der Waals surface area contributed by atoms with Gasteiger partial charge in [-0.15, -0.1) is 0 Å². The maximum Gasteiger partial charge on any atom is 0.159 e. The molecule has 2 saturated heterocycles. The van der Waals surface area contributed by atoms with E-state index in [2.05, 4.69) is 9.80 Å². The van der Waals surface area contributed by atoms with Crippen molar-refractivity contribution < 1.29 is 14.6 Å². The van der Waals surface area contributed by atoms with Crippen molar-refractivity contribution in [2.75, 3.05) is 39.3 Å². The number of ether oxygens (including phenoxy) is 1. The Morgan fingerprint density at radius 3 is 2.64 bits per heavy atom. The number of piperidine rings is 1. The molecule has 0 bridgehead atoms. The summed E-state index contributed by atoms with van der Waals surface area (Å²) in [5.41, 5.74) is 0.635. The average molecular weight is 346 g/mol. The van der Waals surface area contributed by atoms with Crippen LogP contribution in [0.3, 0.4) is 0 Å². The second kappa shape index (κ2) is 8.79. The predicted octanol–water partition coefficient (Wildman–Crippen LogP) is 2.19. The first-order valence-corrected chi connectivity index (χ1v) is 9.50. The fourth-order valence-electron chi connectivity index (χ4n) is 3.92. The summed E-state index contributed by atoms with van der Waals surface area (Å²) in [7, 11) is 0. The Bertz CT molecular complexity index is 564. The number of β-amino-alcohol motifs (C(OH)–C–C–N with tert-alkyl or cyclic N) is 1. The molecule has 3 rings (SSSR count). The summed E-state index contributed by atoms with van der Waals surface area (Å²) in [5, 5.41) is 10.3. The van der Waals surface area contributed by atoms with E-state index in [1.807, 2.05) is 12.1 Å². The second-order valence-electron chi connectivity index (χ2n) is 7.32. The van der Waals surface area contributed by atoms with Crippen molar-refractivity contribution in [3.05, 3.63) is 29.8 Å². The first-order chi connectivity index (χ1) is 12.1. The maximum absolute atomic E-state index is 11.4. The van der Waals surface area contributed by atoms with Crippen molar-refractivity contribution in [2.24, 2.45) is 0 Å². The number of benzene rings is 1. The van der Waals surface area contributed by atoms with E-state index >= 15 is 0 Å².